The Bertz CT molecular complexity index is 1180. The fraction of sp³-hybridized carbons (Fsp3) is 0.360. The molecule has 6 nitrogen and oxygen atoms in total. The lowest BCUT2D eigenvalue weighted by molar-refractivity contribution is 0.101. The number of hydrogen-bond donors (Lipinski definition) is 1. The van der Waals surface area contributed by atoms with Gasteiger partial charge in [-0.15, -0.1) is 0 Å². The summed E-state index contributed by atoms with van der Waals surface area (Å²) >= 11 is 0. The Morgan fingerprint density at radius 3 is 2.87 bits per heavy atom. The van der Waals surface area contributed by atoms with Crippen molar-refractivity contribution in [3.63, 3.8) is 0 Å². The Morgan fingerprint density at radius 2 is 1.97 bits per heavy atom. The van der Waals surface area contributed by atoms with E-state index >= 15 is 0 Å². The molecule has 3 atom stereocenters. The molecule has 1 fully saturated rings. The number of benzene rings is 1. The minimum Gasteiger partial charge on any atom is -0.454 e. The zero-order valence-corrected chi connectivity index (χ0v) is 17.5. The Hall–Kier alpha value is -3.12. The smallest absolute Gasteiger partial charge is 0.231 e. The first-order valence-corrected chi connectivity index (χ1v) is 11.0. The van der Waals surface area contributed by atoms with Gasteiger partial charge in [-0.3, -0.25) is 4.98 Å². The van der Waals surface area contributed by atoms with Crippen molar-refractivity contribution in [2.24, 2.45) is 5.92 Å². The first-order chi connectivity index (χ1) is 15.2. The lowest BCUT2D eigenvalue weighted by atomic mass is 9.77. The number of aliphatic hydroxyl groups is 1. The first-order valence-electron chi connectivity index (χ1n) is 11.0. The van der Waals surface area contributed by atoms with Gasteiger partial charge in [0.05, 0.1) is 17.5 Å². The number of pyridine rings is 1. The number of allylic oxidation sites excluding steroid dienone is 2. The van der Waals surface area contributed by atoms with Crippen molar-refractivity contribution in [1.29, 1.82) is 0 Å². The number of fused-ring (bicyclic) bond motifs is 4. The number of hydrogen-bond acceptors (Lipinski definition) is 5. The molecule has 1 saturated carbocycles. The lowest BCUT2D eigenvalue weighted by Crippen LogP contribution is -2.26. The van der Waals surface area contributed by atoms with E-state index < -0.39 is 0 Å². The van der Waals surface area contributed by atoms with Gasteiger partial charge >= 0.3 is 0 Å². The Morgan fingerprint density at radius 1 is 1.06 bits per heavy atom. The Balaban J connectivity index is 1.56. The molecular formula is C25H25N3O3. The van der Waals surface area contributed by atoms with Crippen molar-refractivity contribution in [2.45, 2.75) is 44.8 Å². The van der Waals surface area contributed by atoms with E-state index in [9.17, 15) is 5.11 Å². The number of aliphatic hydroxyl groups excluding tert-OH is 1. The molecule has 0 radical (unpaired) electrons. The van der Waals surface area contributed by atoms with Gasteiger partial charge in [0.1, 0.15) is 11.5 Å². The number of aryl methyl sites for hydroxylation is 1. The molecule has 1 N–H and O–H groups in total. The van der Waals surface area contributed by atoms with Gasteiger partial charge in [-0.2, -0.15) is 0 Å². The molecule has 6 heteroatoms. The average molecular weight is 415 g/mol. The van der Waals surface area contributed by atoms with Crippen LogP contribution in [0, 0.1) is 12.8 Å². The molecule has 0 unspecified atom stereocenters. The number of imidazole rings is 1. The van der Waals surface area contributed by atoms with Crippen molar-refractivity contribution in [3.8, 4) is 34.1 Å². The number of aromatic nitrogens is 3. The number of rotatable bonds is 2. The molecular weight excluding hydrogens is 390 g/mol. The van der Waals surface area contributed by atoms with Crippen LogP contribution in [0.3, 0.4) is 0 Å². The molecule has 1 aliphatic carbocycles. The van der Waals surface area contributed by atoms with E-state index in [-0.39, 0.29) is 12.9 Å². The second kappa shape index (κ2) is 7.24. The zero-order valence-electron chi connectivity index (χ0n) is 17.5. The summed E-state index contributed by atoms with van der Waals surface area (Å²) in [5, 5.41) is 10.2. The molecule has 0 saturated heterocycles. The minimum atomic E-state index is -0.223. The molecule has 4 heterocycles. The van der Waals surface area contributed by atoms with Crippen LogP contribution in [0.25, 0.3) is 22.6 Å². The average Bonchev–Trinajstić information content (AvgIpc) is 3.34. The highest BCUT2D eigenvalue weighted by atomic mass is 16.7. The largest absolute Gasteiger partial charge is 0.454 e. The summed E-state index contributed by atoms with van der Waals surface area (Å²) in [6.45, 7) is 3.01. The van der Waals surface area contributed by atoms with Crippen LogP contribution in [0.15, 0.2) is 48.6 Å². The second-order valence-corrected chi connectivity index (χ2v) is 8.68. The van der Waals surface area contributed by atoms with Gasteiger partial charge in [0.25, 0.3) is 0 Å². The zero-order chi connectivity index (χ0) is 20.9. The summed E-state index contributed by atoms with van der Waals surface area (Å²) in [7, 11) is 0. The van der Waals surface area contributed by atoms with Crippen molar-refractivity contribution in [2.75, 3.05) is 6.79 Å². The van der Waals surface area contributed by atoms with E-state index in [0.29, 0.717) is 11.8 Å². The van der Waals surface area contributed by atoms with Gasteiger partial charge in [-0.05, 0) is 62.4 Å². The summed E-state index contributed by atoms with van der Waals surface area (Å²) in [5.41, 5.74) is 4.85. The van der Waals surface area contributed by atoms with Crippen LogP contribution in [-0.4, -0.2) is 32.5 Å². The fourth-order valence-electron chi connectivity index (χ4n) is 5.18. The van der Waals surface area contributed by atoms with Crippen LogP contribution >= 0.6 is 0 Å². The molecule has 0 amide bonds. The van der Waals surface area contributed by atoms with Gasteiger partial charge in [0, 0.05) is 23.7 Å². The van der Waals surface area contributed by atoms with E-state index in [0.717, 1.165) is 71.5 Å². The SMILES string of the molecule is Cc1cccc(-c2nc3n(c2-c2ccc4c(c2)OCO4)CC=C[C@H]2C[C@@H](O)CC[C@H]32)n1. The minimum absolute atomic E-state index is 0.223. The maximum absolute atomic E-state index is 10.2. The van der Waals surface area contributed by atoms with E-state index in [4.69, 9.17) is 19.4 Å². The highest BCUT2D eigenvalue weighted by molar-refractivity contribution is 5.79. The van der Waals surface area contributed by atoms with Crippen molar-refractivity contribution >= 4 is 0 Å². The Kier molecular flexibility index (Phi) is 4.35. The molecule has 31 heavy (non-hydrogen) atoms. The number of nitrogens with zero attached hydrogens (tertiary/aromatic N) is 3. The molecule has 0 spiro atoms. The standard InChI is InChI=1S/C25H25N3O3/c1-15-4-2-6-20(26-15)23-24(17-7-10-21-22(13-17)31-14-30-21)28-11-3-5-16-12-18(29)8-9-19(16)25(28)27-23/h2-7,10,13,16,18-19,29H,8-9,11-12,14H2,1H3/t16-,18-,19-/m0/s1. The topological polar surface area (TPSA) is 69.4 Å². The third kappa shape index (κ3) is 3.13. The van der Waals surface area contributed by atoms with Crippen LogP contribution in [0.2, 0.25) is 0 Å². The highest BCUT2D eigenvalue weighted by Gasteiger charge is 2.35. The molecule has 3 aliphatic rings. The van der Waals surface area contributed by atoms with Gasteiger partial charge in [-0.25, -0.2) is 4.98 Å². The molecule has 2 aromatic heterocycles. The highest BCUT2D eigenvalue weighted by Crippen LogP contribution is 2.45. The normalized spacial score (nSPS) is 23.9. The quantitative estimate of drug-likeness (QED) is 0.626. The lowest BCUT2D eigenvalue weighted by Gasteiger charge is -2.31. The predicted molar refractivity (Wildman–Crippen MR) is 117 cm³/mol. The molecule has 3 aromatic rings. The summed E-state index contributed by atoms with van der Waals surface area (Å²) in [4.78, 5) is 10.0. The van der Waals surface area contributed by atoms with Crippen molar-refractivity contribution < 1.29 is 14.6 Å². The molecule has 6 rings (SSSR count). The Labute approximate surface area is 181 Å². The monoisotopic (exact) mass is 415 g/mol. The number of ether oxygens (including phenoxy) is 2. The predicted octanol–water partition coefficient (Wildman–Crippen LogP) is 4.46. The summed E-state index contributed by atoms with van der Waals surface area (Å²) in [6, 6.07) is 12.2. The van der Waals surface area contributed by atoms with Gasteiger partial charge in [-0.1, -0.05) is 18.2 Å². The second-order valence-electron chi connectivity index (χ2n) is 8.68. The third-order valence-electron chi connectivity index (χ3n) is 6.65. The molecule has 0 bridgehead atoms. The maximum Gasteiger partial charge on any atom is 0.231 e. The van der Waals surface area contributed by atoms with Crippen LogP contribution in [0.5, 0.6) is 11.5 Å². The van der Waals surface area contributed by atoms with Crippen LogP contribution < -0.4 is 9.47 Å². The fourth-order valence-corrected chi connectivity index (χ4v) is 5.18. The van der Waals surface area contributed by atoms with E-state index in [1.165, 1.54) is 0 Å². The van der Waals surface area contributed by atoms with Crippen molar-refractivity contribution in [1.82, 2.24) is 14.5 Å². The summed E-state index contributed by atoms with van der Waals surface area (Å²) in [5.74, 6) is 3.24. The van der Waals surface area contributed by atoms with E-state index in [1.807, 2.05) is 37.3 Å². The van der Waals surface area contributed by atoms with Gasteiger partial charge in [0.2, 0.25) is 6.79 Å². The van der Waals surface area contributed by atoms with Gasteiger partial charge in [0.15, 0.2) is 11.5 Å². The molecule has 2 aliphatic heterocycles. The van der Waals surface area contributed by atoms with Crippen molar-refractivity contribution in [3.05, 3.63) is 60.1 Å². The summed E-state index contributed by atoms with van der Waals surface area (Å²) in [6.07, 6.45) is 6.82. The third-order valence-corrected chi connectivity index (χ3v) is 6.65. The van der Waals surface area contributed by atoms with E-state index in [2.05, 4.69) is 22.8 Å². The summed E-state index contributed by atoms with van der Waals surface area (Å²) < 4.78 is 13.5. The first kappa shape index (κ1) is 18.6. The maximum atomic E-state index is 10.2. The van der Waals surface area contributed by atoms with Crippen LogP contribution in [0.4, 0.5) is 0 Å². The van der Waals surface area contributed by atoms with Crippen LogP contribution in [-0.2, 0) is 6.54 Å². The molecule has 1 aromatic carbocycles. The van der Waals surface area contributed by atoms with Gasteiger partial charge < -0.3 is 19.1 Å². The van der Waals surface area contributed by atoms with E-state index in [1.54, 1.807) is 0 Å². The van der Waals surface area contributed by atoms with Crippen LogP contribution in [0.1, 0.15) is 36.7 Å². The molecule has 158 valence electrons.